The molecule has 0 saturated carbocycles. The molecule has 1 saturated heterocycles. The third kappa shape index (κ3) is 4.16. The van der Waals surface area contributed by atoms with Gasteiger partial charge in [-0.05, 0) is 46.6 Å². The van der Waals surface area contributed by atoms with Gasteiger partial charge in [0.05, 0.1) is 10.6 Å². The molecule has 3 heterocycles. The lowest BCUT2D eigenvalue weighted by Gasteiger charge is -2.46. The molecule has 1 aliphatic heterocycles. The number of halogens is 1. The highest BCUT2D eigenvalue weighted by atomic mass is 35.5. The van der Waals surface area contributed by atoms with Gasteiger partial charge >= 0.3 is 0 Å². The summed E-state index contributed by atoms with van der Waals surface area (Å²) < 4.78 is 1.60. The molecule has 2 N–H and O–H groups in total. The first-order chi connectivity index (χ1) is 11.7. The molecule has 0 spiro atoms. The number of aromatic nitrogens is 4. The summed E-state index contributed by atoms with van der Waals surface area (Å²) in [6.07, 6.45) is 6.26. The van der Waals surface area contributed by atoms with Crippen LogP contribution in [-0.2, 0) is 0 Å². The third-order valence-electron chi connectivity index (χ3n) is 4.27. The van der Waals surface area contributed by atoms with Crippen molar-refractivity contribution in [2.24, 2.45) is 0 Å². The van der Waals surface area contributed by atoms with Crippen molar-refractivity contribution in [1.82, 2.24) is 30.4 Å². The van der Waals surface area contributed by atoms with E-state index in [1.54, 1.807) is 10.6 Å². The molecule has 3 rings (SSSR count). The highest BCUT2D eigenvalue weighted by Crippen LogP contribution is 2.28. The third-order valence-corrected chi connectivity index (χ3v) is 4.55. The molecule has 7 nitrogen and oxygen atoms in total. The molecule has 134 valence electrons. The zero-order valence-electron chi connectivity index (χ0n) is 14.9. The summed E-state index contributed by atoms with van der Waals surface area (Å²) in [6.45, 7) is 8.61. The minimum absolute atomic E-state index is 0.0339. The summed E-state index contributed by atoms with van der Waals surface area (Å²) in [6, 6.07) is 1.71. The van der Waals surface area contributed by atoms with E-state index >= 15 is 0 Å². The predicted molar refractivity (Wildman–Crippen MR) is 95.9 cm³/mol. The Hall–Kier alpha value is -1.99. The second-order valence-corrected chi connectivity index (χ2v) is 8.28. The minimum atomic E-state index is -0.164. The maximum absolute atomic E-state index is 12.6. The maximum Gasteiger partial charge on any atom is 0.253 e. The first-order valence-corrected chi connectivity index (χ1v) is 8.64. The number of piperidine rings is 1. The standard InChI is InChI=1S/C17H23ClN6O/c1-16(2)6-12(7-17(3,4)23-16)22-15(25)11-5-13(18)14(19-8-11)24-9-20-21-10-24/h5,8-10,12,23H,6-7H2,1-4H3,(H,22,25). The zero-order chi connectivity index (χ0) is 18.2. The smallest absolute Gasteiger partial charge is 0.253 e. The number of rotatable bonds is 3. The molecule has 1 fully saturated rings. The van der Waals surface area contributed by atoms with Crippen LogP contribution in [0.15, 0.2) is 24.9 Å². The molecule has 0 atom stereocenters. The topological polar surface area (TPSA) is 84.7 Å². The molecule has 0 aliphatic carbocycles. The van der Waals surface area contributed by atoms with Crippen LogP contribution in [-0.4, -0.2) is 42.8 Å². The summed E-state index contributed by atoms with van der Waals surface area (Å²) in [5, 5.41) is 14.6. The Labute approximate surface area is 152 Å². The van der Waals surface area contributed by atoms with Crippen LogP contribution in [0, 0.1) is 0 Å². The lowest BCUT2D eigenvalue weighted by atomic mass is 9.79. The van der Waals surface area contributed by atoms with Crippen molar-refractivity contribution in [3.63, 3.8) is 0 Å². The SMILES string of the molecule is CC1(C)CC(NC(=O)c2cnc(-n3cnnc3)c(Cl)c2)CC(C)(C)N1. The molecular formula is C17H23ClN6O. The van der Waals surface area contributed by atoms with Crippen LogP contribution >= 0.6 is 11.6 Å². The van der Waals surface area contributed by atoms with Crippen molar-refractivity contribution in [3.05, 3.63) is 35.5 Å². The van der Waals surface area contributed by atoms with E-state index in [1.165, 1.54) is 18.9 Å². The number of nitrogens with zero attached hydrogens (tertiary/aromatic N) is 4. The molecule has 2 aromatic heterocycles. The van der Waals surface area contributed by atoms with Crippen LogP contribution in [0.1, 0.15) is 50.9 Å². The maximum atomic E-state index is 12.6. The van der Waals surface area contributed by atoms with E-state index in [0.29, 0.717) is 16.4 Å². The average molecular weight is 363 g/mol. The first kappa shape index (κ1) is 17.8. The Morgan fingerprint density at radius 1 is 1.24 bits per heavy atom. The van der Waals surface area contributed by atoms with Crippen molar-refractivity contribution in [2.45, 2.75) is 57.7 Å². The van der Waals surface area contributed by atoms with Crippen molar-refractivity contribution < 1.29 is 4.79 Å². The van der Waals surface area contributed by atoms with Crippen molar-refractivity contribution in [3.8, 4) is 5.82 Å². The van der Waals surface area contributed by atoms with Crippen LogP contribution in [0.4, 0.5) is 0 Å². The van der Waals surface area contributed by atoms with Crippen LogP contribution in [0.2, 0.25) is 5.02 Å². The molecule has 0 bridgehead atoms. The largest absolute Gasteiger partial charge is 0.349 e. The number of nitrogens with one attached hydrogen (secondary N) is 2. The van der Waals surface area contributed by atoms with Gasteiger partial charge in [-0.3, -0.25) is 9.36 Å². The molecule has 1 aliphatic rings. The van der Waals surface area contributed by atoms with Crippen molar-refractivity contribution >= 4 is 17.5 Å². The Bertz CT molecular complexity index is 755. The summed E-state index contributed by atoms with van der Waals surface area (Å²) in [7, 11) is 0. The average Bonchev–Trinajstić information content (AvgIpc) is 2.97. The second-order valence-electron chi connectivity index (χ2n) is 7.87. The monoisotopic (exact) mass is 362 g/mol. The Morgan fingerprint density at radius 3 is 2.40 bits per heavy atom. The van der Waals surface area contributed by atoms with Gasteiger partial charge in [-0.2, -0.15) is 0 Å². The minimum Gasteiger partial charge on any atom is -0.349 e. The van der Waals surface area contributed by atoms with Gasteiger partial charge < -0.3 is 10.6 Å². The van der Waals surface area contributed by atoms with Crippen molar-refractivity contribution in [1.29, 1.82) is 0 Å². The molecule has 0 radical (unpaired) electrons. The van der Waals surface area contributed by atoms with Crippen LogP contribution in [0.3, 0.4) is 0 Å². The van der Waals surface area contributed by atoms with E-state index in [-0.39, 0.29) is 23.0 Å². The Morgan fingerprint density at radius 2 is 1.84 bits per heavy atom. The fourth-order valence-corrected chi connectivity index (χ4v) is 4.01. The van der Waals surface area contributed by atoms with E-state index in [4.69, 9.17) is 11.6 Å². The van der Waals surface area contributed by atoms with Gasteiger partial charge in [-0.25, -0.2) is 4.98 Å². The van der Waals surface area contributed by atoms with Gasteiger partial charge in [0.2, 0.25) is 0 Å². The number of carbonyl (C=O) groups excluding carboxylic acids is 1. The van der Waals surface area contributed by atoms with Gasteiger partial charge in [0, 0.05) is 23.3 Å². The van der Waals surface area contributed by atoms with E-state index in [9.17, 15) is 4.79 Å². The molecule has 8 heteroatoms. The normalized spacial score (nSPS) is 19.6. The highest BCUT2D eigenvalue weighted by molar-refractivity contribution is 6.32. The number of pyridine rings is 1. The Balaban J connectivity index is 1.74. The van der Waals surface area contributed by atoms with E-state index in [2.05, 4.69) is 53.5 Å². The highest BCUT2D eigenvalue weighted by Gasteiger charge is 2.38. The molecule has 2 aromatic rings. The van der Waals surface area contributed by atoms with E-state index in [0.717, 1.165) is 12.8 Å². The van der Waals surface area contributed by atoms with Gasteiger partial charge in [0.1, 0.15) is 12.7 Å². The van der Waals surface area contributed by atoms with Gasteiger partial charge in [0.25, 0.3) is 5.91 Å². The lowest BCUT2D eigenvalue weighted by molar-refractivity contribution is 0.0873. The summed E-state index contributed by atoms with van der Waals surface area (Å²) in [4.78, 5) is 16.9. The summed E-state index contributed by atoms with van der Waals surface area (Å²) >= 11 is 6.27. The molecular weight excluding hydrogens is 340 g/mol. The first-order valence-electron chi connectivity index (χ1n) is 8.26. The Kier molecular flexibility index (Phi) is 4.55. The van der Waals surface area contributed by atoms with Crippen LogP contribution in [0.25, 0.3) is 5.82 Å². The number of hydrogen-bond acceptors (Lipinski definition) is 5. The second kappa shape index (κ2) is 6.38. The number of carbonyl (C=O) groups is 1. The predicted octanol–water partition coefficient (Wildman–Crippen LogP) is 2.35. The van der Waals surface area contributed by atoms with Gasteiger partial charge in [0.15, 0.2) is 5.82 Å². The fraction of sp³-hybridized carbons (Fsp3) is 0.529. The van der Waals surface area contributed by atoms with Gasteiger partial charge in [-0.1, -0.05) is 11.6 Å². The summed E-state index contributed by atoms with van der Waals surface area (Å²) in [5.74, 6) is 0.329. The van der Waals surface area contributed by atoms with E-state index < -0.39 is 0 Å². The molecule has 0 unspecified atom stereocenters. The quantitative estimate of drug-likeness (QED) is 0.875. The van der Waals surface area contributed by atoms with Crippen LogP contribution in [0.5, 0.6) is 0 Å². The number of hydrogen-bond donors (Lipinski definition) is 2. The molecule has 25 heavy (non-hydrogen) atoms. The zero-order valence-corrected chi connectivity index (χ0v) is 15.6. The molecule has 0 aromatic carbocycles. The number of amides is 1. The van der Waals surface area contributed by atoms with E-state index in [1.807, 2.05) is 0 Å². The van der Waals surface area contributed by atoms with Crippen LogP contribution < -0.4 is 10.6 Å². The fourth-order valence-electron chi connectivity index (χ4n) is 3.75. The molecule has 1 amide bonds. The summed E-state index contributed by atoms with van der Waals surface area (Å²) in [5.41, 5.74) is 0.373. The van der Waals surface area contributed by atoms with Crippen molar-refractivity contribution in [2.75, 3.05) is 0 Å². The van der Waals surface area contributed by atoms with Gasteiger partial charge in [-0.15, -0.1) is 10.2 Å². The lowest BCUT2D eigenvalue weighted by Crippen LogP contribution is -2.62.